The van der Waals surface area contributed by atoms with Crippen molar-refractivity contribution < 1.29 is 14.3 Å². The van der Waals surface area contributed by atoms with Crippen LogP contribution in [-0.2, 0) is 14.3 Å². The number of esters is 1. The van der Waals surface area contributed by atoms with Gasteiger partial charge in [-0.1, -0.05) is 45.1 Å². The molecule has 0 aliphatic carbocycles. The van der Waals surface area contributed by atoms with Gasteiger partial charge in [-0.3, -0.25) is 5.43 Å². The van der Waals surface area contributed by atoms with Crippen molar-refractivity contribution in [2.24, 2.45) is 11.0 Å². The molecule has 18 heavy (non-hydrogen) atoms. The molecule has 0 unspecified atom stereocenters. The van der Waals surface area contributed by atoms with E-state index >= 15 is 0 Å². The van der Waals surface area contributed by atoms with Crippen molar-refractivity contribution in [2.75, 3.05) is 6.61 Å². The Morgan fingerprint density at radius 2 is 2.06 bits per heavy atom. The standard InChI is InChI=1S/C13H24N2O3/c1-4-5-6-7-8-18-13(17)12(9-11(2)3)15-14-10-16/h11-12,15H,4-9H2,1-3H3/t12-/m0/s1. The number of isocyanates is 1. The van der Waals surface area contributed by atoms with Crippen LogP contribution in [0, 0.1) is 5.92 Å². The fourth-order valence-electron chi connectivity index (χ4n) is 1.58. The Bertz CT molecular complexity index is 273. The maximum Gasteiger partial charge on any atom is 0.330 e. The van der Waals surface area contributed by atoms with Crippen LogP contribution in [0.4, 0.5) is 0 Å². The predicted molar refractivity (Wildman–Crippen MR) is 69.6 cm³/mol. The number of rotatable bonds is 10. The van der Waals surface area contributed by atoms with E-state index < -0.39 is 6.04 Å². The molecule has 0 aromatic carbocycles. The molecular formula is C13H24N2O3. The van der Waals surface area contributed by atoms with Gasteiger partial charge in [-0.25, -0.2) is 9.59 Å². The van der Waals surface area contributed by atoms with Crippen molar-refractivity contribution in [1.82, 2.24) is 5.43 Å². The van der Waals surface area contributed by atoms with Gasteiger partial charge in [-0.2, -0.15) is 0 Å². The van der Waals surface area contributed by atoms with Crippen LogP contribution in [0.2, 0.25) is 0 Å². The molecule has 0 spiro atoms. The van der Waals surface area contributed by atoms with E-state index in [9.17, 15) is 9.59 Å². The van der Waals surface area contributed by atoms with Gasteiger partial charge in [-0.05, 0) is 18.8 Å². The van der Waals surface area contributed by atoms with E-state index in [4.69, 9.17) is 4.74 Å². The lowest BCUT2D eigenvalue weighted by Crippen LogP contribution is -2.36. The maximum atomic E-state index is 11.7. The maximum absolute atomic E-state index is 11.7. The minimum absolute atomic E-state index is 0.317. The Balaban J connectivity index is 4.00. The number of hydrogen-bond donors (Lipinski definition) is 1. The van der Waals surface area contributed by atoms with Crippen LogP contribution >= 0.6 is 0 Å². The van der Waals surface area contributed by atoms with Crippen LogP contribution in [0.5, 0.6) is 0 Å². The number of carbonyl (C=O) groups is 1. The molecule has 0 fully saturated rings. The predicted octanol–water partition coefficient (Wildman–Crippen LogP) is 2.37. The van der Waals surface area contributed by atoms with Crippen molar-refractivity contribution in [3.8, 4) is 0 Å². The van der Waals surface area contributed by atoms with Gasteiger partial charge >= 0.3 is 5.97 Å². The van der Waals surface area contributed by atoms with Crippen molar-refractivity contribution >= 4 is 12.0 Å². The van der Waals surface area contributed by atoms with E-state index in [0.717, 1.165) is 25.7 Å². The molecule has 0 saturated carbocycles. The zero-order valence-corrected chi connectivity index (χ0v) is 11.6. The van der Waals surface area contributed by atoms with Crippen LogP contribution in [0.1, 0.15) is 52.9 Å². The Kier molecular flexibility index (Phi) is 9.97. The second-order valence-electron chi connectivity index (χ2n) is 4.74. The number of hydrogen-bond acceptors (Lipinski definition) is 5. The zero-order chi connectivity index (χ0) is 13.8. The molecule has 1 atom stereocenters. The summed E-state index contributed by atoms with van der Waals surface area (Å²) in [5, 5.41) is 3.25. The Morgan fingerprint density at radius 3 is 2.61 bits per heavy atom. The third kappa shape index (κ3) is 8.76. The molecule has 0 amide bonds. The number of hydrazone groups is 1. The van der Waals surface area contributed by atoms with Gasteiger partial charge < -0.3 is 4.74 Å². The molecular weight excluding hydrogens is 232 g/mol. The third-order valence-corrected chi connectivity index (χ3v) is 2.50. The average molecular weight is 256 g/mol. The highest BCUT2D eigenvalue weighted by atomic mass is 16.5. The van der Waals surface area contributed by atoms with E-state index in [2.05, 4.69) is 17.5 Å². The van der Waals surface area contributed by atoms with E-state index in [0.29, 0.717) is 18.9 Å². The molecule has 0 aliphatic rings. The summed E-state index contributed by atoms with van der Waals surface area (Å²) in [6.07, 6.45) is 6.20. The second-order valence-corrected chi connectivity index (χ2v) is 4.74. The lowest BCUT2D eigenvalue weighted by molar-refractivity contribution is -0.146. The van der Waals surface area contributed by atoms with Gasteiger partial charge in [0.05, 0.1) is 6.61 Å². The fourth-order valence-corrected chi connectivity index (χ4v) is 1.58. The lowest BCUT2D eigenvalue weighted by atomic mass is 10.0. The van der Waals surface area contributed by atoms with Gasteiger partial charge in [0.25, 0.3) is 6.08 Å². The van der Waals surface area contributed by atoms with Crippen LogP contribution in [0.3, 0.4) is 0 Å². The summed E-state index contributed by atoms with van der Waals surface area (Å²) in [7, 11) is 0. The molecule has 0 aromatic heterocycles. The summed E-state index contributed by atoms with van der Waals surface area (Å²) in [6, 6.07) is -0.558. The SMILES string of the molecule is CCCCCCOC(=O)[C@H](CC(C)C)NN=C=O. The first-order chi connectivity index (χ1) is 8.61. The highest BCUT2D eigenvalue weighted by Gasteiger charge is 2.20. The second kappa shape index (κ2) is 10.8. The van der Waals surface area contributed by atoms with Gasteiger partial charge in [0.15, 0.2) is 0 Å². The lowest BCUT2D eigenvalue weighted by Gasteiger charge is -2.16. The van der Waals surface area contributed by atoms with Gasteiger partial charge in [0, 0.05) is 0 Å². The number of carbonyl (C=O) groups excluding carboxylic acids is 2. The van der Waals surface area contributed by atoms with Crippen molar-refractivity contribution in [3.05, 3.63) is 0 Å². The van der Waals surface area contributed by atoms with E-state index in [1.807, 2.05) is 13.8 Å². The average Bonchev–Trinajstić information content (AvgIpc) is 2.33. The van der Waals surface area contributed by atoms with Crippen LogP contribution in [-0.4, -0.2) is 24.7 Å². The Hall–Kier alpha value is -1.35. The molecule has 1 N–H and O–H groups in total. The molecule has 0 radical (unpaired) electrons. The largest absolute Gasteiger partial charge is 0.464 e. The fraction of sp³-hybridized carbons (Fsp3) is 0.846. The van der Waals surface area contributed by atoms with Crippen LogP contribution in [0.25, 0.3) is 0 Å². The van der Waals surface area contributed by atoms with Crippen LogP contribution in [0.15, 0.2) is 5.10 Å². The van der Waals surface area contributed by atoms with Crippen molar-refractivity contribution in [3.63, 3.8) is 0 Å². The number of unbranched alkanes of at least 4 members (excludes halogenated alkanes) is 3. The first kappa shape index (κ1) is 16.6. The first-order valence-corrected chi connectivity index (χ1v) is 6.60. The third-order valence-electron chi connectivity index (χ3n) is 2.50. The summed E-state index contributed by atoms with van der Waals surface area (Å²) in [5.41, 5.74) is 2.48. The molecule has 5 heteroatoms. The summed E-state index contributed by atoms with van der Waals surface area (Å²) in [4.78, 5) is 21.8. The topological polar surface area (TPSA) is 67.8 Å². The van der Waals surface area contributed by atoms with E-state index in [-0.39, 0.29) is 5.97 Å². The molecule has 0 aromatic rings. The molecule has 0 heterocycles. The smallest absolute Gasteiger partial charge is 0.330 e. The van der Waals surface area contributed by atoms with Gasteiger partial charge in [-0.15, -0.1) is 0 Å². The summed E-state index contributed by atoms with van der Waals surface area (Å²) in [5.74, 6) is -0.0313. The normalized spacial score (nSPS) is 11.8. The summed E-state index contributed by atoms with van der Waals surface area (Å²) < 4.78 is 5.16. The molecule has 0 saturated heterocycles. The van der Waals surface area contributed by atoms with Crippen molar-refractivity contribution in [2.45, 2.75) is 58.9 Å². The molecule has 104 valence electrons. The molecule has 5 nitrogen and oxygen atoms in total. The quantitative estimate of drug-likeness (QED) is 0.214. The van der Waals surface area contributed by atoms with Crippen molar-refractivity contribution in [1.29, 1.82) is 0 Å². The zero-order valence-electron chi connectivity index (χ0n) is 11.6. The van der Waals surface area contributed by atoms with E-state index in [1.54, 1.807) is 0 Å². The minimum atomic E-state index is -0.558. The Labute approximate surface area is 109 Å². The number of ether oxygens (including phenoxy) is 1. The van der Waals surface area contributed by atoms with Crippen LogP contribution < -0.4 is 5.43 Å². The highest BCUT2D eigenvalue weighted by Crippen LogP contribution is 2.07. The number of nitrogens with one attached hydrogen (secondary N) is 1. The van der Waals surface area contributed by atoms with Gasteiger partial charge in [0.1, 0.15) is 6.04 Å². The monoisotopic (exact) mass is 256 g/mol. The summed E-state index contributed by atoms with van der Waals surface area (Å²) >= 11 is 0. The highest BCUT2D eigenvalue weighted by molar-refractivity contribution is 5.75. The first-order valence-electron chi connectivity index (χ1n) is 6.60. The molecule has 0 aliphatic heterocycles. The van der Waals surface area contributed by atoms with E-state index in [1.165, 1.54) is 6.08 Å². The molecule has 0 bridgehead atoms. The Morgan fingerprint density at radius 1 is 1.33 bits per heavy atom. The van der Waals surface area contributed by atoms with Gasteiger partial charge in [0.2, 0.25) is 0 Å². The molecule has 0 rings (SSSR count). The summed E-state index contributed by atoms with van der Waals surface area (Å²) in [6.45, 7) is 6.55. The number of nitrogens with zero attached hydrogens (tertiary/aromatic N) is 1. The minimum Gasteiger partial charge on any atom is -0.464 e.